The molecule has 0 aliphatic carbocycles. The van der Waals surface area contributed by atoms with Crippen molar-refractivity contribution in [3.8, 4) is 0 Å². The molecule has 0 amide bonds. The number of carboxylic acid groups (broad SMARTS) is 2. The third-order valence-electron chi connectivity index (χ3n) is 3.20. The van der Waals surface area contributed by atoms with Gasteiger partial charge >= 0.3 is 11.9 Å². The van der Waals surface area contributed by atoms with E-state index in [0.29, 0.717) is 12.2 Å². The van der Waals surface area contributed by atoms with Gasteiger partial charge in [-0.3, -0.25) is 0 Å². The molecule has 0 unspecified atom stereocenters. The summed E-state index contributed by atoms with van der Waals surface area (Å²) in [6.45, 7) is -3.01. The normalized spacial score (nSPS) is 11.9. The fraction of sp³-hybridized carbons (Fsp3) is 0.714. The fourth-order valence-corrected chi connectivity index (χ4v) is 1.20. The molecule has 11 nitrogen and oxygen atoms in total. The maximum atomic E-state index is 9.55. The second kappa shape index (κ2) is 13.7. The first-order chi connectivity index (χ1) is 11.7. The number of carboxylic acids is 2. The van der Waals surface area contributed by atoms with Crippen LogP contribution in [-0.4, -0.2) is 106 Å². The predicted octanol–water partition coefficient (Wildman–Crippen LogP) is -3.36. The molecule has 0 aromatic rings. The number of aliphatic hydroxyl groups excluding tert-OH is 6. The number of ether oxygens (including phenoxy) is 1. The molecule has 0 heterocycles. The van der Waals surface area contributed by atoms with Gasteiger partial charge in [-0.15, -0.1) is 0 Å². The molecule has 0 radical (unpaired) electrons. The first kappa shape index (κ1) is 25.6. The van der Waals surface area contributed by atoms with Gasteiger partial charge in [0.25, 0.3) is 0 Å². The van der Waals surface area contributed by atoms with Crippen LogP contribution in [0.3, 0.4) is 0 Å². The number of carbonyl (C=O) groups is 2. The molecule has 8 N–H and O–H groups in total. The second-order valence-electron chi connectivity index (χ2n) is 5.45. The van der Waals surface area contributed by atoms with Gasteiger partial charge in [0.1, 0.15) is 0 Å². The van der Waals surface area contributed by atoms with Crippen molar-refractivity contribution in [3.05, 3.63) is 12.2 Å². The summed E-state index contributed by atoms with van der Waals surface area (Å²) in [5, 5.41) is 69.8. The van der Waals surface area contributed by atoms with Crippen LogP contribution >= 0.6 is 0 Å². The minimum Gasteiger partial charge on any atom is -0.478 e. The van der Waals surface area contributed by atoms with Crippen LogP contribution in [-0.2, 0) is 14.3 Å². The number of aliphatic hydroxyl groups is 6. The third-order valence-corrected chi connectivity index (χ3v) is 3.20. The zero-order valence-corrected chi connectivity index (χ0v) is 13.6. The molecular weight excluding hydrogens is 344 g/mol. The van der Waals surface area contributed by atoms with Crippen LogP contribution in [0.2, 0.25) is 0 Å². The summed E-state index contributed by atoms with van der Waals surface area (Å²) in [7, 11) is 0. The summed E-state index contributed by atoms with van der Waals surface area (Å²) in [4.78, 5) is 19.1. The Morgan fingerprint density at radius 3 is 1.04 bits per heavy atom. The molecule has 0 rings (SSSR count). The topological polar surface area (TPSA) is 205 Å². The minimum absolute atomic E-state index is 0.141. The first-order valence-corrected chi connectivity index (χ1v) is 7.07. The zero-order valence-electron chi connectivity index (χ0n) is 13.6. The Morgan fingerprint density at radius 2 is 0.880 bits per heavy atom. The molecular formula is C14H26O11. The Bertz CT molecular complexity index is 347. The number of hydrogen-bond donors (Lipinski definition) is 8. The summed E-state index contributed by atoms with van der Waals surface area (Å²) in [6, 6.07) is 0. The number of aliphatic carboxylic acids is 2. The predicted molar refractivity (Wildman–Crippen MR) is 82.6 cm³/mol. The van der Waals surface area contributed by atoms with Crippen LogP contribution in [0.5, 0.6) is 0 Å². The quantitative estimate of drug-likeness (QED) is 0.159. The van der Waals surface area contributed by atoms with Gasteiger partial charge in [-0.2, -0.15) is 0 Å². The highest BCUT2D eigenvalue weighted by Crippen LogP contribution is 2.19. The van der Waals surface area contributed by atoms with Crippen LogP contribution in [0, 0.1) is 10.8 Å². The van der Waals surface area contributed by atoms with E-state index in [1.807, 2.05) is 0 Å². The van der Waals surface area contributed by atoms with Crippen molar-refractivity contribution in [1.82, 2.24) is 0 Å². The van der Waals surface area contributed by atoms with Gasteiger partial charge in [0.05, 0.1) is 63.7 Å². The van der Waals surface area contributed by atoms with Crippen LogP contribution in [0.4, 0.5) is 0 Å². The van der Waals surface area contributed by atoms with Gasteiger partial charge in [0.2, 0.25) is 0 Å². The molecule has 0 spiro atoms. The van der Waals surface area contributed by atoms with Crippen molar-refractivity contribution in [3.63, 3.8) is 0 Å². The van der Waals surface area contributed by atoms with Gasteiger partial charge in [0, 0.05) is 12.2 Å². The molecule has 0 saturated carbocycles. The van der Waals surface area contributed by atoms with Crippen LogP contribution in [0.15, 0.2) is 12.2 Å². The van der Waals surface area contributed by atoms with Crippen molar-refractivity contribution >= 4 is 11.9 Å². The van der Waals surface area contributed by atoms with E-state index in [2.05, 4.69) is 0 Å². The molecule has 0 aromatic carbocycles. The highest BCUT2D eigenvalue weighted by atomic mass is 16.5. The molecule has 0 fully saturated rings. The largest absolute Gasteiger partial charge is 0.478 e. The lowest BCUT2D eigenvalue weighted by Crippen LogP contribution is -2.43. The van der Waals surface area contributed by atoms with Crippen molar-refractivity contribution in [2.24, 2.45) is 10.8 Å². The molecule has 0 aliphatic rings. The van der Waals surface area contributed by atoms with E-state index in [4.69, 9.17) is 45.6 Å². The van der Waals surface area contributed by atoms with Crippen molar-refractivity contribution in [2.75, 3.05) is 52.9 Å². The molecule has 25 heavy (non-hydrogen) atoms. The van der Waals surface area contributed by atoms with E-state index in [1.165, 1.54) is 0 Å². The molecule has 0 aliphatic heterocycles. The van der Waals surface area contributed by atoms with Crippen LogP contribution in [0.1, 0.15) is 0 Å². The lowest BCUT2D eigenvalue weighted by Gasteiger charge is -2.31. The van der Waals surface area contributed by atoms with Gasteiger partial charge in [-0.1, -0.05) is 0 Å². The van der Waals surface area contributed by atoms with Gasteiger partial charge in [-0.05, 0) is 0 Å². The monoisotopic (exact) mass is 370 g/mol. The van der Waals surface area contributed by atoms with Crippen molar-refractivity contribution < 1.29 is 55.2 Å². The Balaban J connectivity index is 0. The maximum Gasteiger partial charge on any atom is 0.328 e. The summed E-state index contributed by atoms with van der Waals surface area (Å²) >= 11 is 0. The van der Waals surface area contributed by atoms with Crippen molar-refractivity contribution in [2.45, 2.75) is 0 Å². The van der Waals surface area contributed by atoms with Crippen LogP contribution in [0.25, 0.3) is 0 Å². The molecule has 0 bridgehead atoms. The molecule has 0 aromatic heterocycles. The van der Waals surface area contributed by atoms with Gasteiger partial charge in [0.15, 0.2) is 0 Å². The lowest BCUT2D eigenvalue weighted by atomic mass is 9.91. The van der Waals surface area contributed by atoms with Gasteiger partial charge in [-0.25, -0.2) is 9.59 Å². The molecule has 148 valence electrons. The number of hydrogen-bond acceptors (Lipinski definition) is 9. The molecule has 0 atom stereocenters. The highest BCUT2D eigenvalue weighted by molar-refractivity contribution is 5.89. The average molecular weight is 370 g/mol. The smallest absolute Gasteiger partial charge is 0.328 e. The summed E-state index contributed by atoms with van der Waals surface area (Å²) in [5.41, 5.74) is -2.32. The Hall–Kier alpha value is -1.60. The van der Waals surface area contributed by atoms with E-state index in [0.717, 1.165) is 0 Å². The van der Waals surface area contributed by atoms with E-state index in [1.54, 1.807) is 0 Å². The Labute approximate surface area is 144 Å². The third kappa shape index (κ3) is 10.8. The van der Waals surface area contributed by atoms with E-state index in [9.17, 15) is 9.59 Å². The van der Waals surface area contributed by atoms with Crippen molar-refractivity contribution in [1.29, 1.82) is 0 Å². The fourth-order valence-electron chi connectivity index (χ4n) is 1.20. The SMILES string of the molecule is O=C(O)/C=C\C(=O)O.OCC(CO)(CO)COCC(CO)(CO)CO. The standard InChI is InChI=1S/C10H22O7.C4H4O4/c11-1-9(2-12,3-13)7-17-8-10(4-14,5-15)6-16;5-3(6)1-2-4(7)8/h11-16H,1-8H2;1-2H,(H,5,6)(H,7,8)/b;2-1-. The lowest BCUT2D eigenvalue weighted by molar-refractivity contribution is -0.134. The average Bonchev–Trinajstić information content (AvgIpc) is 2.62. The second-order valence-corrected chi connectivity index (χ2v) is 5.45. The van der Waals surface area contributed by atoms with E-state index >= 15 is 0 Å². The Kier molecular flexibility index (Phi) is 14.0. The maximum absolute atomic E-state index is 9.55. The minimum atomic E-state index is -1.26. The summed E-state index contributed by atoms with van der Waals surface area (Å²) < 4.78 is 5.15. The number of rotatable bonds is 12. The molecule has 11 heteroatoms. The van der Waals surface area contributed by atoms with Gasteiger partial charge < -0.3 is 45.6 Å². The highest BCUT2D eigenvalue weighted by Gasteiger charge is 2.32. The van der Waals surface area contributed by atoms with E-state index in [-0.39, 0.29) is 13.2 Å². The molecule has 0 saturated heterocycles. The van der Waals surface area contributed by atoms with Crippen LogP contribution < -0.4 is 0 Å². The first-order valence-electron chi connectivity index (χ1n) is 7.07. The summed E-state index contributed by atoms with van der Waals surface area (Å²) in [6.07, 6.45) is 1.12. The van der Waals surface area contributed by atoms with E-state index < -0.39 is 62.4 Å². The zero-order chi connectivity index (χ0) is 19.9. The Morgan fingerprint density at radius 1 is 0.640 bits per heavy atom. The summed E-state index contributed by atoms with van der Waals surface area (Å²) in [5.74, 6) is -2.51.